The van der Waals surface area contributed by atoms with Crippen LogP contribution in [-0.4, -0.2) is 29.5 Å². The zero-order chi connectivity index (χ0) is 11.4. The van der Waals surface area contributed by atoms with Crippen molar-refractivity contribution >= 4 is 5.82 Å². The predicted octanol–water partition coefficient (Wildman–Crippen LogP) is 2.50. The van der Waals surface area contributed by atoms with Gasteiger partial charge < -0.3 is 5.32 Å². The second-order valence-electron chi connectivity index (χ2n) is 4.54. The van der Waals surface area contributed by atoms with Crippen LogP contribution in [0.2, 0.25) is 0 Å². The number of hydrogen-bond acceptors (Lipinski definition) is 3. The van der Waals surface area contributed by atoms with Crippen molar-refractivity contribution in [3.8, 4) is 0 Å². The van der Waals surface area contributed by atoms with E-state index in [4.69, 9.17) is 0 Å². The molecule has 1 saturated carbocycles. The third-order valence-corrected chi connectivity index (χ3v) is 3.27. The summed E-state index contributed by atoms with van der Waals surface area (Å²) >= 11 is 0. The fourth-order valence-electron chi connectivity index (χ4n) is 2.06. The van der Waals surface area contributed by atoms with Gasteiger partial charge in [-0.25, -0.2) is 4.98 Å². The minimum absolute atomic E-state index is 0.782. The monoisotopic (exact) mass is 219 g/mol. The Hall–Kier alpha value is -1.09. The van der Waals surface area contributed by atoms with E-state index >= 15 is 0 Å². The number of nitrogens with zero attached hydrogens (tertiary/aromatic N) is 2. The van der Waals surface area contributed by atoms with E-state index in [0.717, 1.165) is 30.6 Å². The van der Waals surface area contributed by atoms with Crippen LogP contribution >= 0.6 is 0 Å². The largest absolute Gasteiger partial charge is 0.370 e. The SMILES string of the molecule is CCNc1cccc(CN(C)C2CCC2)n1. The molecule has 1 aromatic heterocycles. The van der Waals surface area contributed by atoms with Crippen LogP contribution in [-0.2, 0) is 6.54 Å². The highest BCUT2D eigenvalue weighted by Crippen LogP contribution is 2.24. The summed E-state index contributed by atoms with van der Waals surface area (Å²) in [5.41, 5.74) is 1.16. The van der Waals surface area contributed by atoms with Gasteiger partial charge in [0.05, 0.1) is 5.69 Å². The molecule has 1 heterocycles. The van der Waals surface area contributed by atoms with Crippen LogP contribution < -0.4 is 5.32 Å². The Morgan fingerprint density at radius 3 is 2.88 bits per heavy atom. The second-order valence-corrected chi connectivity index (χ2v) is 4.54. The van der Waals surface area contributed by atoms with Crippen LogP contribution in [0.5, 0.6) is 0 Å². The molecule has 1 aliphatic carbocycles. The van der Waals surface area contributed by atoms with Crippen LogP contribution in [0.15, 0.2) is 18.2 Å². The average molecular weight is 219 g/mol. The van der Waals surface area contributed by atoms with Gasteiger partial charge in [0, 0.05) is 19.1 Å². The lowest BCUT2D eigenvalue weighted by atomic mass is 9.92. The molecule has 0 amide bonds. The van der Waals surface area contributed by atoms with Gasteiger partial charge in [-0.1, -0.05) is 12.5 Å². The molecule has 3 nitrogen and oxygen atoms in total. The van der Waals surface area contributed by atoms with Gasteiger partial charge in [-0.05, 0) is 38.9 Å². The van der Waals surface area contributed by atoms with Gasteiger partial charge >= 0.3 is 0 Å². The minimum Gasteiger partial charge on any atom is -0.370 e. The Morgan fingerprint density at radius 1 is 1.44 bits per heavy atom. The predicted molar refractivity (Wildman–Crippen MR) is 67.5 cm³/mol. The van der Waals surface area contributed by atoms with Crippen LogP contribution in [0.4, 0.5) is 5.82 Å². The first-order chi connectivity index (χ1) is 7.79. The van der Waals surface area contributed by atoms with Gasteiger partial charge in [-0.15, -0.1) is 0 Å². The van der Waals surface area contributed by atoms with E-state index in [1.807, 2.05) is 6.07 Å². The summed E-state index contributed by atoms with van der Waals surface area (Å²) in [6, 6.07) is 6.99. The summed E-state index contributed by atoms with van der Waals surface area (Å²) in [4.78, 5) is 7.01. The first kappa shape index (κ1) is 11.4. The highest BCUT2D eigenvalue weighted by molar-refractivity contribution is 5.34. The van der Waals surface area contributed by atoms with Gasteiger partial charge in [0.25, 0.3) is 0 Å². The Morgan fingerprint density at radius 2 is 2.25 bits per heavy atom. The quantitative estimate of drug-likeness (QED) is 0.824. The highest BCUT2D eigenvalue weighted by Gasteiger charge is 2.21. The Kier molecular flexibility index (Phi) is 3.78. The van der Waals surface area contributed by atoms with Crippen molar-refractivity contribution in [1.82, 2.24) is 9.88 Å². The van der Waals surface area contributed by atoms with Crippen LogP contribution in [0, 0.1) is 0 Å². The lowest BCUT2D eigenvalue weighted by molar-refractivity contribution is 0.151. The Bertz CT molecular complexity index is 334. The topological polar surface area (TPSA) is 28.2 Å². The van der Waals surface area contributed by atoms with Crippen molar-refractivity contribution in [2.24, 2.45) is 0 Å². The molecule has 1 aromatic rings. The van der Waals surface area contributed by atoms with Gasteiger partial charge in [0.1, 0.15) is 5.82 Å². The first-order valence-electron chi connectivity index (χ1n) is 6.19. The van der Waals surface area contributed by atoms with Crippen LogP contribution in [0.25, 0.3) is 0 Å². The van der Waals surface area contributed by atoms with E-state index in [1.54, 1.807) is 0 Å². The molecule has 1 aliphatic rings. The molecular formula is C13H21N3. The number of anilines is 1. The number of aromatic nitrogens is 1. The summed E-state index contributed by atoms with van der Waals surface area (Å²) in [5, 5.41) is 3.25. The minimum atomic E-state index is 0.782. The fourth-order valence-corrected chi connectivity index (χ4v) is 2.06. The van der Waals surface area contributed by atoms with E-state index in [-0.39, 0.29) is 0 Å². The molecule has 16 heavy (non-hydrogen) atoms. The lowest BCUT2D eigenvalue weighted by Gasteiger charge is -2.34. The molecule has 1 fully saturated rings. The molecule has 0 aliphatic heterocycles. The van der Waals surface area contributed by atoms with Gasteiger partial charge in [-0.2, -0.15) is 0 Å². The number of pyridine rings is 1. The maximum Gasteiger partial charge on any atom is 0.126 e. The molecular weight excluding hydrogens is 198 g/mol. The summed E-state index contributed by atoms with van der Waals surface area (Å²) < 4.78 is 0. The van der Waals surface area contributed by atoms with Gasteiger partial charge in [-0.3, -0.25) is 4.90 Å². The normalized spacial score (nSPS) is 16.2. The standard InChI is InChI=1S/C13H21N3/c1-3-14-13-9-4-6-11(15-13)10-16(2)12-7-5-8-12/h4,6,9,12H,3,5,7-8,10H2,1-2H3,(H,14,15). The third kappa shape index (κ3) is 2.73. The number of rotatable bonds is 5. The molecule has 0 spiro atoms. The molecule has 0 aromatic carbocycles. The zero-order valence-electron chi connectivity index (χ0n) is 10.2. The molecule has 0 atom stereocenters. The van der Waals surface area contributed by atoms with E-state index in [9.17, 15) is 0 Å². The molecule has 1 N–H and O–H groups in total. The Labute approximate surface area is 97.9 Å². The third-order valence-electron chi connectivity index (χ3n) is 3.27. The number of nitrogens with one attached hydrogen (secondary N) is 1. The molecule has 0 saturated heterocycles. The summed E-state index contributed by atoms with van der Waals surface area (Å²) in [5.74, 6) is 0.988. The maximum atomic E-state index is 4.59. The molecule has 2 rings (SSSR count). The van der Waals surface area contributed by atoms with E-state index in [0.29, 0.717) is 0 Å². The summed E-state index contributed by atoms with van der Waals surface area (Å²) in [7, 11) is 2.20. The smallest absolute Gasteiger partial charge is 0.126 e. The molecule has 0 bridgehead atoms. The molecule has 0 radical (unpaired) electrons. The maximum absolute atomic E-state index is 4.59. The molecule has 3 heteroatoms. The number of hydrogen-bond donors (Lipinski definition) is 1. The summed E-state index contributed by atoms with van der Waals surface area (Å²) in [6.45, 7) is 3.98. The summed E-state index contributed by atoms with van der Waals surface area (Å²) in [6.07, 6.45) is 4.09. The molecule has 88 valence electrons. The molecule has 0 unspecified atom stereocenters. The van der Waals surface area contributed by atoms with Crippen LogP contribution in [0.1, 0.15) is 31.9 Å². The van der Waals surface area contributed by atoms with Crippen molar-refractivity contribution in [3.05, 3.63) is 23.9 Å². The lowest BCUT2D eigenvalue weighted by Crippen LogP contribution is -2.36. The van der Waals surface area contributed by atoms with Crippen molar-refractivity contribution in [3.63, 3.8) is 0 Å². The van der Waals surface area contributed by atoms with E-state index in [2.05, 4.69) is 41.3 Å². The first-order valence-corrected chi connectivity index (χ1v) is 6.19. The fraction of sp³-hybridized carbons (Fsp3) is 0.615. The van der Waals surface area contributed by atoms with Crippen LogP contribution in [0.3, 0.4) is 0 Å². The Balaban J connectivity index is 1.94. The van der Waals surface area contributed by atoms with Crippen molar-refractivity contribution in [1.29, 1.82) is 0 Å². The van der Waals surface area contributed by atoms with Crippen molar-refractivity contribution in [2.45, 2.75) is 38.8 Å². The van der Waals surface area contributed by atoms with E-state index in [1.165, 1.54) is 19.3 Å². The highest BCUT2D eigenvalue weighted by atomic mass is 15.1. The van der Waals surface area contributed by atoms with Crippen molar-refractivity contribution in [2.75, 3.05) is 18.9 Å². The van der Waals surface area contributed by atoms with Crippen molar-refractivity contribution < 1.29 is 0 Å². The average Bonchev–Trinajstić information content (AvgIpc) is 2.15. The second kappa shape index (κ2) is 5.30. The zero-order valence-corrected chi connectivity index (χ0v) is 10.2. The van der Waals surface area contributed by atoms with Gasteiger partial charge in [0.2, 0.25) is 0 Å². The van der Waals surface area contributed by atoms with E-state index < -0.39 is 0 Å². The van der Waals surface area contributed by atoms with Gasteiger partial charge in [0.15, 0.2) is 0 Å².